The first-order chi connectivity index (χ1) is 9.89. The van der Waals surface area contributed by atoms with Crippen molar-refractivity contribution in [1.82, 2.24) is 15.2 Å². The third kappa shape index (κ3) is 4.67. The molecule has 1 aromatic heterocycles. The van der Waals surface area contributed by atoms with Crippen LogP contribution in [-0.4, -0.2) is 54.6 Å². The molecule has 3 N–H and O–H groups in total. The quantitative estimate of drug-likeness (QED) is 0.494. The van der Waals surface area contributed by atoms with E-state index in [2.05, 4.69) is 5.43 Å². The van der Waals surface area contributed by atoms with Crippen LogP contribution in [-0.2, 0) is 6.54 Å². The summed E-state index contributed by atoms with van der Waals surface area (Å²) in [6, 6.07) is 1.84. The van der Waals surface area contributed by atoms with E-state index in [1.165, 1.54) is 16.2 Å². The number of alkyl halides is 3. The van der Waals surface area contributed by atoms with Gasteiger partial charge in [0.1, 0.15) is 0 Å². The summed E-state index contributed by atoms with van der Waals surface area (Å²) in [5, 5.41) is 1.81. The highest BCUT2D eigenvalue weighted by Crippen LogP contribution is 2.21. The Morgan fingerprint density at radius 1 is 1.29 bits per heavy atom. The van der Waals surface area contributed by atoms with Crippen LogP contribution in [0.2, 0.25) is 0 Å². The molecule has 1 aliphatic heterocycles. The number of halogens is 3. The predicted octanol–water partition coefficient (Wildman–Crippen LogP) is 1.03. The van der Waals surface area contributed by atoms with Gasteiger partial charge in [-0.15, -0.1) is 11.3 Å². The fourth-order valence-corrected chi connectivity index (χ4v) is 3.14. The van der Waals surface area contributed by atoms with Crippen LogP contribution in [0.4, 0.5) is 13.2 Å². The van der Waals surface area contributed by atoms with Crippen LogP contribution in [0.5, 0.6) is 0 Å². The zero-order chi connectivity index (χ0) is 15.5. The van der Waals surface area contributed by atoms with E-state index in [-0.39, 0.29) is 5.91 Å². The average Bonchev–Trinajstić information content (AvgIpc) is 2.86. The van der Waals surface area contributed by atoms with E-state index in [4.69, 9.17) is 5.84 Å². The van der Waals surface area contributed by atoms with Gasteiger partial charge < -0.3 is 0 Å². The van der Waals surface area contributed by atoms with Gasteiger partial charge in [-0.2, -0.15) is 13.2 Å². The van der Waals surface area contributed by atoms with Crippen molar-refractivity contribution in [1.29, 1.82) is 0 Å². The van der Waals surface area contributed by atoms with E-state index >= 15 is 0 Å². The molecule has 9 heteroatoms. The third-order valence-corrected chi connectivity index (χ3v) is 4.30. The molecule has 0 saturated carbocycles. The largest absolute Gasteiger partial charge is 0.401 e. The summed E-state index contributed by atoms with van der Waals surface area (Å²) in [6.07, 6.45) is -4.15. The van der Waals surface area contributed by atoms with E-state index in [1.807, 2.05) is 11.0 Å². The third-order valence-electron chi connectivity index (χ3n) is 3.35. The van der Waals surface area contributed by atoms with Crippen molar-refractivity contribution in [2.75, 3.05) is 32.7 Å². The summed E-state index contributed by atoms with van der Waals surface area (Å²) in [4.78, 5) is 15.6. The summed E-state index contributed by atoms with van der Waals surface area (Å²) in [5.74, 6) is 4.79. The van der Waals surface area contributed by atoms with E-state index in [9.17, 15) is 18.0 Å². The van der Waals surface area contributed by atoms with Gasteiger partial charge in [0, 0.05) is 32.7 Å². The zero-order valence-electron chi connectivity index (χ0n) is 11.3. The molecule has 0 unspecified atom stereocenters. The van der Waals surface area contributed by atoms with E-state index in [0.29, 0.717) is 37.6 Å². The smallest absolute Gasteiger partial charge is 0.296 e. The number of rotatable bonds is 4. The summed E-state index contributed by atoms with van der Waals surface area (Å²) >= 11 is 1.30. The highest BCUT2D eigenvalue weighted by molar-refractivity contribution is 7.12. The standard InChI is InChI=1S/C12H17F3N4OS/c13-12(14,15)8-19-4-2-18(3-5-19)7-9-1-6-21-10(9)11(20)17-16/h1,6H,2-5,7-8,16H2,(H,17,20). The van der Waals surface area contributed by atoms with Gasteiger partial charge in [-0.05, 0) is 17.0 Å². The molecule has 1 aliphatic rings. The summed E-state index contributed by atoms with van der Waals surface area (Å²) in [7, 11) is 0. The zero-order valence-corrected chi connectivity index (χ0v) is 12.1. The second-order valence-electron chi connectivity index (χ2n) is 4.92. The van der Waals surface area contributed by atoms with E-state index < -0.39 is 12.7 Å². The van der Waals surface area contributed by atoms with Crippen LogP contribution in [0.1, 0.15) is 15.2 Å². The first kappa shape index (κ1) is 16.2. The Bertz CT molecular complexity index is 483. The minimum atomic E-state index is -4.15. The van der Waals surface area contributed by atoms with Crippen LogP contribution in [0.3, 0.4) is 0 Å². The number of piperazine rings is 1. The first-order valence-electron chi connectivity index (χ1n) is 6.48. The van der Waals surface area contributed by atoms with Crippen molar-refractivity contribution in [2.24, 2.45) is 5.84 Å². The number of carbonyl (C=O) groups excluding carboxylic acids is 1. The van der Waals surface area contributed by atoms with Crippen molar-refractivity contribution in [3.05, 3.63) is 21.9 Å². The SMILES string of the molecule is NNC(=O)c1sccc1CN1CCN(CC(F)(F)F)CC1. The number of hydrazine groups is 1. The maximum atomic E-state index is 12.3. The van der Waals surface area contributed by atoms with Gasteiger partial charge in [-0.1, -0.05) is 0 Å². The molecule has 1 saturated heterocycles. The number of amides is 1. The number of hydrogen-bond acceptors (Lipinski definition) is 5. The van der Waals surface area contributed by atoms with Crippen LogP contribution in [0.15, 0.2) is 11.4 Å². The second kappa shape index (κ2) is 6.73. The maximum absolute atomic E-state index is 12.3. The second-order valence-corrected chi connectivity index (χ2v) is 5.83. The molecule has 21 heavy (non-hydrogen) atoms. The Labute approximate surface area is 124 Å². The fraction of sp³-hybridized carbons (Fsp3) is 0.583. The van der Waals surface area contributed by atoms with Crippen molar-refractivity contribution in [2.45, 2.75) is 12.7 Å². The lowest BCUT2D eigenvalue weighted by molar-refractivity contribution is -0.149. The first-order valence-corrected chi connectivity index (χ1v) is 7.36. The lowest BCUT2D eigenvalue weighted by Gasteiger charge is -2.34. The number of nitrogens with two attached hydrogens (primary N) is 1. The van der Waals surface area contributed by atoms with Gasteiger partial charge in [0.05, 0.1) is 11.4 Å². The molecular weight excluding hydrogens is 305 g/mol. The van der Waals surface area contributed by atoms with Gasteiger partial charge in [-0.3, -0.25) is 20.0 Å². The van der Waals surface area contributed by atoms with Gasteiger partial charge in [-0.25, -0.2) is 5.84 Å². The van der Waals surface area contributed by atoms with Crippen LogP contribution < -0.4 is 11.3 Å². The number of thiophene rings is 1. The predicted molar refractivity (Wildman–Crippen MR) is 73.7 cm³/mol. The lowest BCUT2D eigenvalue weighted by Crippen LogP contribution is -2.48. The van der Waals surface area contributed by atoms with Crippen LogP contribution in [0.25, 0.3) is 0 Å². The monoisotopic (exact) mass is 322 g/mol. The average molecular weight is 322 g/mol. The molecule has 1 fully saturated rings. The molecule has 0 bridgehead atoms. The summed E-state index contributed by atoms with van der Waals surface area (Å²) in [6.45, 7) is 1.54. The number of nitrogen functional groups attached to an aromatic ring is 1. The molecule has 1 aromatic rings. The Morgan fingerprint density at radius 3 is 2.48 bits per heavy atom. The van der Waals surface area contributed by atoms with Crippen molar-refractivity contribution >= 4 is 17.2 Å². The Balaban J connectivity index is 1.87. The molecule has 0 aliphatic carbocycles. The summed E-state index contributed by atoms with van der Waals surface area (Å²) in [5.41, 5.74) is 2.95. The fourth-order valence-electron chi connectivity index (χ4n) is 2.32. The topological polar surface area (TPSA) is 61.6 Å². The maximum Gasteiger partial charge on any atom is 0.401 e. The molecule has 1 amide bonds. The number of nitrogens with one attached hydrogen (secondary N) is 1. The normalized spacial score (nSPS) is 17.9. The number of carbonyl (C=O) groups is 1. The number of nitrogens with zero attached hydrogens (tertiary/aromatic N) is 2. The molecule has 2 heterocycles. The van der Waals surface area contributed by atoms with E-state index in [0.717, 1.165) is 5.56 Å². The van der Waals surface area contributed by atoms with Gasteiger partial charge in [0.15, 0.2) is 0 Å². The van der Waals surface area contributed by atoms with Crippen molar-refractivity contribution < 1.29 is 18.0 Å². The van der Waals surface area contributed by atoms with E-state index in [1.54, 1.807) is 5.38 Å². The molecule has 0 spiro atoms. The number of hydrogen-bond donors (Lipinski definition) is 2. The lowest BCUT2D eigenvalue weighted by atomic mass is 10.2. The summed E-state index contributed by atoms with van der Waals surface area (Å²) < 4.78 is 36.9. The Morgan fingerprint density at radius 2 is 1.90 bits per heavy atom. The van der Waals surface area contributed by atoms with Gasteiger partial charge in [0.2, 0.25) is 0 Å². The van der Waals surface area contributed by atoms with Crippen molar-refractivity contribution in [3.8, 4) is 0 Å². The van der Waals surface area contributed by atoms with Gasteiger partial charge >= 0.3 is 6.18 Å². The minimum Gasteiger partial charge on any atom is -0.296 e. The van der Waals surface area contributed by atoms with Crippen molar-refractivity contribution in [3.63, 3.8) is 0 Å². The molecule has 0 atom stereocenters. The molecule has 5 nitrogen and oxygen atoms in total. The Hall–Kier alpha value is -1.16. The molecule has 0 radical (unpaired) electrons. The van der Waals surface area contributed by atoms with Gasteiger partial charge in [0.25, 0.3) is 5.91 Å². The highest BCUT2D eigenvalue weighted by Gasteiger charge is 2.32. The highest BCUT2D eigenvalue weighted by atomic mass is 32.1. The molecule has 118 valence electrons. The Kier molecular flexibility index (Phi) is 5.20. The van der Waals surface area contributed by atoms with Crippen LogP contribution in [0, 0.1) is 0 Å². The van der Waals surface area contributed by atoms with Crippen LogP contribution >= 0.6 is 11.3 Å². The molecule has 0 aromatic carbocycles. The molecule has 2 rings (SSSR count). The minimum absolute atomic E-state index is 0.337. The molecular formula is C12H17F3N4OS.